The molecule has 2 N–H and O–H groups in total. The molecule has 0 aromatic rings. The van der Waals surface area contributed by atoms with Crippen LogP contribution in [0.1, 0.15) is 19.8 Å². The summed E-state index contributed by atoms with van der Waals surface area (Å²) >= 11 is 0. The molecule has 0 bridgehead atoms. The molecule has 0 amide bonds. The summed E-state index contributed by atoms with van der Waals surface area (Å²) in [6.45, 7) is 1.66. The fourth-order valence-electron chi connectivity index (χ4n) is 1.18. The molecule has 0 unspecified atom stereocenters. The van der Waals surface area contributed by atoms with Crippen LogP contribution >= 0.6 is 0 Å². The van der Waals surface area contributed by atoms with Gasteiger partial charge in [0.25, 0.3) is 0 Å². The molecule has 0 saturated heterocycles. The van der Waals surface area contributed by atoms with Crippen LogP contribution in [0.15, 0.2) is 0 Å². The summed E-state index contributed by atoms with van der Waals surface area (Å²) in [4.78, 5) is 10.2. The molecule has 3 nitrogen and oxygen atoms in total. The number of aliphatic hydroxyl groups is 1. The monoisotopic (exact) mass is 130 g/mol. The van der Waals surface area contributed by atoms with Gasteiger partial charge in [-0.1, -0.05) is 0 Å². The average Bonchev–Trinajstić information content (AvgIpc) is 1.59. The Morgan fingerprint density at radius 2 is 2.11 bits per heavy atom. The highest BCUT2D eigenvalue weighted by Gasteiger charge is 2.42. The summed E-state index contributed by atoms with van der Waals surface area (Å²) in [5.41, 5.74) is -0.705. The van der Waals surface area contributed by atoms with E-state index in [9.17, 15) is 4.79 Å². The van der Waals surface area contributed by atoms with Crippen molar-refractivity contribution in [1.82, 2.24) is 0 Å². The first-order chi connectivity index (χ1) is 4.01. The van der Waals surface area contributed by atoms with E-state index in [1.165, 1.54) is 0 Å². The van der Waals surface area contributed by atoms with E-state index in [0.717, 1.165) is 0 Å². The maximum Gasteiger partial charge on any atom is 0.306 e. The van der Waals surface area contributed by atoms with Gasteiger partial charge in [-0.2, -0.15) is 0 Å². The van der Waals surface area contributed by atoms with Crippen molar-refractivity contribution in [3.63, 3.8) is 0 Å². The zero-order valence-corrected chi connectivity index (χ0v) is 5.29. The Bertz CT molecular complexity index is 131. The lowest BCUT2D eigenvalue weighted by Gasteiger charge is -2.38. The second kappa shape index (κ2) is 1.70. The van der Waals surface area contributed by atoms with Crippen LogP contribution in [0, 0.1) is 5.92 Å². The minimum atomic E-state index is -0.790. The Morgan fingerprint density at radius 1 is 1.67 bits per heavy atom. The van der Waals surface area contributed by atoms with Crippen molar-refractivity contribution in [2.24, 2.45) is 5.92 Å². The van der Waals surface area contributed by atoms with Crippen LogP contribution in [0.25, 0.3) is 0 Å². The fourth-order valence-corrected chi connectivity index (χ4v) is 1.18. The van der Waals surface area contributed by atoms with Crippen LogP contribution in [0.4, 0.5) is 0 Å². The van der Waals surface area contributed by atoms with Crippen molar-refractivity contribution in [1.29, 1.82) is 0 Å². The van der Waals surface area contributed by atoms with Gasteiger partial charge in [0.1, 0.15) is 0 Å². The highest BCUT2D eigenvalue weighted by molar-refractivity contribution is 5.71. The van der Waals surface area contributed by atoms with Crippen LogP contribution in [-0.2, 0) is 4.79 Å². The van der Waals surface area contributed by atoms with Crippen LogP contribution in [0.2, 0.25) is 0 Å². The molecule has 1 aliphatic rings. The first-order valence-corrected chi connectivity index (χ1v) is 2.96. The van der Waals surface area contributed by atoms with E-state index in [-0.39, 0.29) is 5.92 Å². The van der Waals surface area contributed by atoms with Crippen molar-refractivity contribution >= 4 is 5.97 Å². The van der Waals surface area contributed by atoms with E-state index in [1.807, 2.05) is 0 Å². The molecule has 0 aromatic heterocycles. The third-order valence-corrected chi connectivity index (χ3v) is 1.72. The Balaban J connectivity index is 2.35. The van der Waals surface area contributed by atoms with E-state index < -0.39 is 11.6 Å². The van der Waals surface area contributed by atoms with Crippen LogP contribution in [-0.4, -0.2) is 21.8 Å². The Labute approximate surface area is 53.3 Å². The molecule has 1 fully saturated rings. The highest BCUT2D eigenvalue weighted by atomic mass is 16.4. The van der Waals surface area contributed by atoms with Crippen molar-refractivity contribution in [3.8, 4) is 0 Å². The molecule has 1 aliphatic carbocycles. The predicted molar refractivity (Wildman–Crippen MR) is 31.0 cm³/mol. The topological polar surface area (TPSA) is 57.5 Å². The van der Waals surface area contributed by atoms with Gasteiger partial charge in [-0.3, -0.25) is 4.79 Å². The number of carboxylic acids is 1. The van der Waals surface area contributed by atoms with E-state index in [2.05, 4.69) is 0 Å². The van der Waals surface area contributed by atoms with E-state index >= 15 is 0 Å². The summed E-state index contributed by atoms with van der Waals surface area (Å²) in [5.74, 6) is -1.10. The molecule has 1 saturated carbocycles. The van der Waals surface area contributed by atoms with E-state index in [0.29, 0.717) is 12.8 Å². The van der Waals surface area contributed by atoms with Crippen LogP contribution in [0.5, 0.6) is 0 Å². The number of rotatable bonds is 1. The molecular weight excluding hydrogens is 120 g/mol. The quantitative estimate of drug-likeness (QED) is 0.534. The minimum absolute atomic E-state index is 0.306. The number of carboxylic acid groups (broad SMARTS) is 1. The summed E-state index contributed by atoms with van der Waals surface area (Å²) in [6.07, 6.45) is 0.810. The van der Waals surface area contributed by atoms with Crippen molar-refractivity contribution < 1.29 is 15.0 Å². The normalized spacial score (nSPS) is 41.8. The van der Waals surface area contributed by atoms with Crippen molar-refractivity contribution in [2.75, 3.05) is 0 Å². The molecule has 52 valence electrons. The maximum absolute atomic E-state index is 10.2. The van der Waals surface area contributed by atoms with Gasteiger partial charge in [0, 0.05) is 0 Å². The second-order valence-electron chi connectivity index (χ2n) is 2.94. The predicted octanol–water partition coefficient (Wildman–Crippen LogP) is 0.232. The SMILES string of the molecule is C[C@]1(O)C[C@@H](C(=O)O)C1. The minimum Gasteiger partial charge on any atom is -0.481 e. The Kier molecular flexibility index (Phi) is 1.24. The third-order valence-electron chi connectivity index (χ3n) is 1.72. The fraction of sp³-hybridized carbons (Fsp3) is 0.833. The summed E-state index contributed by atoms with van der Waals surface area (Å²) in [7, 11) is 0. The van der Waals surface area contributed by atoms with Crippen molar-refractivity contribution in [3.05, 3.63) is 0 Å². The summed E-state index contributed by atoms with van der Waals surface area (Å²) in [6, 6.07) is 0. The largest absolute Gasteiger partial charge is 0.481 e. The van der Waals surface area contributed by atoms with E-state index in [1.54, 1.807) is 6.92 Å². The van der Waals surface area contributed by atoms with Gasteiger partial charge in [-0.15, -0.1) is 0 Å². The van der Waals surface area contributed by atoms with Gasteiger partial charge in [0.05, 0.1) is 11.5 Å². The molecule has 9 heavy (non-hydrogen) atoms. The van der Waals surface area contributed by atoms with Gasteiger partial charge in [0.2, 0.25) is 0 Å². The van der Waals surface area contributed by atoms with Gasteiger partial charge in [-0.05, 0) is 19.8 Å². The lowest BCUT2D eigenvalue weighted by atomic mass is 9.72. The number of hydrogen-bond donors (Lipinski definition) is 2. The molecule has 0 atom stereocenters. The van der Waals surface area contributed by atoms with Gasteiger partial charge >= 0.3 is 5.97 Å². The van der Waals surface area contributed by atoms with Crippen LogP contribution < -0.4 is 0 Å². The van der Waals surface area contributed by atoms with E-state index in [4.69, 9.17) is 10.2 Å². The number of carbonyl (C=O) groups is 1. The Hall–Kier alpha value is -0.570. The second-order valence-corrected chi connectivity index (χ2v) is 2.94. The molecule has 0 radical (unpaired) electrons. The molecule has 0 heterocycles. The van der Waals surface area contributed by atoms with Gasteiger partial charge < -0.3 is 10.2 Å². The summed E-state index contributed by atoms with van der Waals surface area (Å²) in [5, 5.41) is 17.4. The van der Waals surface area contributed by atoms with Gasteiger partial charge in [-0.25, -0.2) is 0 Å². The summed E-state index contributed by atoms with van der Waals surface area (Å²) < 4.78 is 0. The standard InChI is InChI=1S/C6H10O3/c1-6(9)2-4(3-6)5(7)8/h4,9H,2-3H2,1H3,(H,7,8)/t4-,6+. The lowest BCUT2D eigenvalue weighted by Crippen LogP contribution is -2.44. The third kappa shape index (κ3) is 1.21. The number of hydrogen-bond acceptors (Lipinski definition) is 2. The molecule has 0 aromatic carbocycles. The van der Waals surface area contributed by atoms with Gasteiger partial charge in [0.15, 0.2) is 0 Å². The lowest BCUT2D eigenvalue weighted by molar-refractivity contribution is -0.156. The molecule has 3 heteroatoms. The number of aliphatic carboxylic acids is 1. The first kappa shape index (κ1) is 6.55. The molecular formula is C6H10O3. The molecule has 0 aliphatic heterocycles. The first-order valence-electron chi connectivity index (χ1n) is 2.96. The molecule has 1 rings (SSSR count). The average molecular weight is 130 g/mol. The zero-order chi connectivity index (χ0) is 7.07. The maximum atomic E-state index is 10.2. The highest BCUT2D eigenvalue weighted by Crippen LogP contribution is 2.36. The smallest absolute Gasteiger partial charge is 0.306 e. The van der Waals surface area contributed by atoms with Crippen molar-refractivity contribution in [2.45, 2.75) is 25.4 Å². The zero-order valence-electron chi connectivity index (χ0n) is 5.29. The Morgan fingerprint density at radius 3 is 2.22 bits per heavy atom. The van der Waals surface area contributed by atoms with Crippen LogP contribution in [0.3, 0.4) is 0 Å². The molecule has 0 spiro atoms.